The highest BCUT2D eigenvalue weighted by Crippen LogP contribution is 2.35. The summed E-state index contributed by atoms with van der Waals surface area (Å²) in [5.41, 5.74) is 2.34. The van der Waals surface area contributed by atoms with Gasteiger partial charge in [-0.3, -0.25) is 4.72 Å². The predicted molar refractivity (Wildman–Crippen MR) is 120 cm³/mol. The summed E-state index contributed by atoms with van der Waals surface area (Å²) in [6.07, 6.45) is 0. The first kappa shape index (κ1) is 21.7. The van der Waals surface area contributed by atoms with E-state index in [1.165, 1.54) is 12.1 Å². The summed E-state index contributed by atoms with van der Waals surface area (Å²) >= 11 is 15.6. The largest absolute Gasteiger partial charge is 0.279 e. The average molecular weight is 510 g/mol. The molecule has 148 valence electrons. The lowest BCUT2D eigenvalue weighted by atomic mass is 9.91. The fourth-order valence-electron chi connectivity index (χ4n) is 2.88. The molecule has 0 amide bonds. The summed E-state index contributed by atoms with van der Waals surface area (Å²) in [4.78, 5) is 0.121. The zero-order valence-electron chi connectivity index (χ0n) is 15.2. The van der Waals surface area contributed by atoms with E-state index >= 15 is 0 Å². The van der Waals surface area contributed by atoms with Crippen LogP contribution in [0.5, 0.6) is 0 Å². The summed E-state index contributed by atoms with van der Waals surface area (Å²) in [6, 6.07) is 19.0. The minimum Gasteiger partial charge on any atom is -0.279 e. The van der Waals surface area contributed by atoms with Crippen LogP contribution < -0.4 is 4.72 Å². The van der Waals surface area contributed by atoms with Gasteiger partial charge in [0.1, 0.15) is 4.90 Å². The smallest absolute Gasteiger partial charge is 0.263 e. The molecule has 0 aliphatic carbocycles. The Morgan fingerprint density at radius 3 is 2.34 bits per heavy atom. The van der Waals surface area contributed by atoms with Crippen molar-refractivity contribution in [1.29, 1.82) is 5.26 Å². The molecule has 0 fully saturated rings. The van der Waals surface area contributed by atoms with Crippen LogP contribution in [0.1, 0.15) is 22.6 Å². The Bertz CT molecular complexity index is 1210. The second kappa shape index (κ2) is 8.76. The Morgan fingerprint density at radius 2 is 1.72 bits per heavy atom. The highest BCUT2D eigenvalue weighted by Gasteiger charge is 2.22. The van der Waals surface area contributed by atoms with E-state index < -0.39 is 15.9 Å². The van der Waals surface area contributed by atoms with Crippen LogP contribution in [0.4, 0.5) is 5.69 Å². The van der Waals surface area contributed by atoms with E-state index in [4.69, 9.17) is 23.2 Å². The summed E-state index contributed by atoms with van der Waals surface area (Å²) in [5, 5.41) is 10.6. The maximum atomic E-state index is 12.8. The highest BCUT2D eigenvalue weighted by atomic mass is 79.9. The molecule has 3 aromatic carbocycles. The van der Waals surface area contributed by atoms with Crippen molar-refractivity contribution in [3.05, 3.63) is 91.9 Å². The van der Waals surface area contributed by atoms with E-state index in [0.29, 0.717) is 31.3 Å². The molecule has 0 aliphatic heterocycles. The third-order valence-corrected chi connectivity index (χ3v) is 7.31. The van der Waals surface area contributed by atoms with Crippen LogP contribution in [-0.4, -0.2) is 8.42 Å². The Kier molecular flexibility index (Phi) is 6.55. The number of halogens is 3. The van der Waals surface area contributed by atoms with E-state index in [1.807, 2.05) is 0 Å². The summed E-state index contributed by atoms with van der Waals surface area (Å²) in [6.45, 7) is 1.76. The Labute approximate surface area is 188 Å². The van der Waals surface area contributed by atoms with Gasteiger partial charge in [0.15, 0.2) is 0 Å². The molecule has 0 saturated heterocycles. The molecule has 0 radical (unpaired) electrons. The van der Waals surface area contributed by atoms with E-state index in [1.54, 1.807) is 55.5 Å². The van der Waals surface area contributed by atoms with E-state index in [0.717, 1.165) is 5.56 Å². The number of hydrogen-bond acceptors (Lipinski definition) is 3. The van der Waals surface area contributed by atoms with Crippen molar-refractivity contribution < 1.29 is 8.42 Å². The number of nitriles is 1. The average Bonchev–Trinajstić information content (AvgIpc) is 2.67. The van der Waals surface area contributed by atoms with Gasteiger partial charge in [-0.25, -0.2) is 8.42 Å². The SMILES string of the molecule is Cc1cc([C@H](C#N)c2ccc(Cl)cc2)c(Cl)cc1NS(=O)(=O)c1ccccc1Br. The maximum absolute atomic E-state index is 12.8. The summed E-state index contributed by atoms with van der Waals surface area (Å²) in [7, 11) is -3.81. The van der Waals surface area contributed by atoms with Crippen molar-refractivity contribution >= 4 is 54.8 Å². The summed E-state index contributed by atoms with van der Waals surface area (Å²) in [5.74, 6) is -0.604. The zero-order valence-corrected chi connectivity index (χ0v) is 19.1. The molecule has 0 spiro atoms. The normalized spacial score (nSPS) is 12.2. The minimum atomic E-state index is -3.81. The van der Waals surface area contributed by atoms with E-state index in [9.17, 15) is 13.7 Å². The number of hydrogen-bond donors (Lipinski definition) is 1. The Hall–Kier alpha value is -2.04. The van der Waals surface area contributed by atoms with Crippen molar-refractivity contribution in [3.8, 4) is 6.07 Å². The second-order valence-corrected chi connectivity index (χ2v) is 9.69. The van der Waals surface area contributed by atoms with Crippen LogP contribution >= 0.6 is 39.1 Å². The Balaban J connectivity index is 1.98. The van der Waals surface area contributed by atoms with Gasteiger partial charge in [0.25, 0.3) is 10.0 Å². The zero-order chi connectivity index (χ0) is 21.2. The van der Waals surface area contributed by atoms with Crippen molar-refractivity contribution in [1.82, 2.24) is 0 Å². The lowest BCUT2D eigenvalue weighted by Crippen LogP contribution is -2.14. The van der Waals surface area contributed by atoms with Gasteiger partial charge in [-0.15, -0.1) is 0 Å². The monoisotopic (exact) mass is 508 g/mol. The van der Waals surface area contributed by atoms with Gasteiger partial charge in [0.2, 0.25) is 0 Å². The van der Waals surface area contributed by atoms with Crippen molar-refractivity contribution in [2.75, 3.05) is 4.72 Å². The molecule has 29 heavy (non-hydrogen) atoms. The van der Waals surface area contributed by atoms with Crippen LogP contribution in [0, 0.1) is 18.3 Å². The third-order valence-electron chi connectivity index (χ3n) is 4.36. The topological polar surface area (TPSA) is 70.0 Å². The standard InChI is InChI=1S/C21H15BrCl2N2O2S/c1-13-10-16(17(12-25)14-6-8-15(23)9-7-14)19(24)11-20(13)26-29(27,28)21-5-3-2-4-18(21)22/h2-11,17,26H,1H3/t17-/m1/s1. The lowest BCUT2D eigenvalue weighted by molar-refractivity contribution is 0.600. The number of sulfonamides is 1. The molecule has 0 aromatic heterocycles. The third kappa shape index (κ3) is 4.76. The number of anilines is 1. The minimum absolute atomic E-state index is 0.121. The fraction of sp³-hybridized carbons (Fsp3) is 0.0952. The van der Waals surface area contributed by atoms with Crippen molar-refractivity contribution in [2.45, 2.75) is 17.7 Å². The summed E-state index contributed by atoms with van der Waals surface area (Å²) < 4.78 is 28.6. The fourth-order valence-corrected chi connectivity index (χ4v) is 5.40. The molecule has 3 aromatic rings. The second-order valence-electron chi connectivity index (χ2n) is 6.34. The molecular formula is C21H15BrCl2N2O2S. The van der Waals surface area contributed by atoms with Gasteiger partial charge in [-0.1, -0.05) is 53.5 Å². The molecular weight excluding hydrogens is 495 g/mol. The van der Waals surface area contributed by atoms with Gasteiger partial charge in [0, 0.05) is 14.5 Å². The molecule has 0 aliphatic rings. The first-order chi connectivity index (χ1) is 13.7. The van der Waals surface area contributed by atoms with Gasteiger partial charge in [-0.2, -0.15) is 5.26 Å². The number of rotatable bonds is 5. The molecule has 0 unspecified atom stereocenters. The van der Waals surface area contributed by atoms with Crippen LogP contribution in [0.2, 0.25) is 10.0 Å². The lowest BCUT2D eigenvalue weighted by Gasteiger charge is -2.17. The van der Waals surface area contributed by atoms with Crippen LogP contribution in [0.15, 0.2) is 70.0 Å². The van der Waals surface area contributed by atoms with E-state index in [-0.39, 0.29) is 4.90 Å². The predicted octanol–water partition coefficient (Wildman–Crippen LogP) is 6.52. The van der Waals surface area contributed by atoms with Gasteiger partial charge >= 0.3 is 0 Å². The molecule has 3 rings (SSSR count). The quantitative estimate of drug-likeness (QED) is 0.425. The van der Waals surface area contributed by atoms with Gasteiger partial charge in [0.05, 0.1) is 17.7 Å². The number of nitrogens with zero attached hydrogens (tertiary/aromatic N) is 1. The maximum Gasteiger partial charge on any atom is 0.263 e. The number of aryl methyl sites for hydroxylation is 1. The Morgan fingerprint density at radius 1 is 1.07 bits per heavy atom. The van der Waals surface area contributed by atoms with Crippen LogP contribution in [0.25, 0.3) is 0 Å². The molecule has 0 saturated carbocycles. The molecule has 8 heteroatoms. The van der Waals surface area contributed by atoms with E-state index in [2.05, 4.69) is 26.7 Å². The van der Waals surface area contributed by atoms with Crippen molar-refractivity contribution in [2.24, 2.45) is 0 Å². The number of benzene rings is 3. The van der Waals surface area contributed by atoms with Gasteiger partial charge < -0.3 is 0 Å². The van der Waals surface area contributed by atoms with Crippen LogP contribution in [-0.2, 0) is 10.0 Å². The van der Waals surface area contributed by atoms with Gasteiger partial charge in [-0.05, 0) is 69.9 Å². The molecule has 1 atom stereocenters. The van der Waals surface area contributed by atoms with Crippen LogP contribution in [0.3, 0.4) is 0 Å². The van der Waals surface area contributed by atoms with Crippen molar-refractivity contribution in [3.63, 3.8) is 0 Å². The molecule has 0 heterocycles. The molecule has 0 bridgehead atoms. The first-order valence-corrected chi connectivity index (χ1v) is 11.5. The molecule has 4 nitrogen and oxygen atoms in total. The first-order valence-electron chi connectivity index (χ1n) is 8.45. The highest BCUT2D eigenvalue weighted by molar-refractivity contribution is 9.10. The molecule has 1 N–H and O–H groups in total. The number of nitrogens with one attached hydrogen (secondary N) is 1.